The van der Waals surface area contributed by atoms with Crippen molar-refractivity contribution in [1.29, 1.82) is 0 Å². The maximum absolute atomic E-state index is 2.67. The van der Waals surface area contributed by atoms with Crippen molar-refractivity contribution in [2.75, 3.05) is 4.90 Å². The lowest BCUT2D eigenvalue weighted by Crippen LogP contribution is -2.49. The van der Waals surface area contributed by atoms with E-state index in [4.69, 9.17) is 0 Å². The topological polar surface area (TPSA) is 3.24 Å². The lowest BCUT2D eigenvalue weighted by atomic mass is 9.71. The van der Waals surface area contributed by atoms with Gasteiger partial charge in [0.15, 0.2) is 0 Å². The number of nitrogens with zero attached hydrogens (tertiary/aromatic N) is 1. The van der Waals surface area contributed by atoms with Crippen LogP contribution in [0.1, 0.15) is 46.1 Å². The minimum absolute atomic E-state index is 0.00825. The van der Waals surface area contributed by atoms with Crippen LogP contribution < -0.4 is 4.90 Å². The largest absolute Gasteiger partial charge is 0.334 e. The van der Waals surface area contributed by atoms with Crippen molar-refractivity contribution in [3.8, 4) is 33.4 Å². The van der Waals surface area contributed by atoms with Crippen LogP contribution in [-0.2, 0) is 5.41 Å². The molecule has 1 heterocycles. The van der Waals surface area contributed by atoms with Gasteiger partial charge in [-0.25, -0.2) is 0 Å². The first-order valence-corrected chi connectivity index (χ1v) is 18.1. The smallest absolute Gasteiger partial charge is 0.0523 e. The molecule has 0 aromatic heterocycles. The highest BCUT2D eigenvalue weighted by molar-refractivity contribution is 6.30. The van der Waals surface area contributed by atoms with Gasteiger partial charge in [-0.15, -0.1) is 0 Å². The van der Waals surface area contributed by atoms with Gasteiger partial charge in [-0.3, -0.25) is 0 Å². The van der Waals surface area contributed by atoms with E-state index in [9.17, 15) is 0 Å². The number of para-hydroxylation sites is 1. The summed E-state index contributed by atoms with van der Waals surface area (Å²) >= 11 is 0. The molecule has 0 N–H and O–H groups in total. The predicted molar refractivity (Wildman–Crippen MR) is 214 cm³/mol. The van der Waals surface area contributed by atoms with Gasteiger partial charge in [0.05, 0.1) is 5.54 Å². The van der Waals surface area contributed by atoms with Crippen molar-refractivity contribution in [3.63, 3.8) is 0 Å². The Morgan fingerprint density at radius 2 is 1.02 bits per heavy atom. The van der Waals surface area contributed by atoms with E-state index in [1.807, 2.05) is 0 Å². The molecule has 0 saturated heterocycles. The number of anilines is 2. The first-order valence-electron chi connectivity index (χ1n) is 18.1. The second kappa shape index (κ2) is 10.3. The minimum Gasteiger partial charge on any atom is -0.334 e. The van der Waals surface area contributed by atoms with Crippen molar-refractivity contribution in [2.24, 2.45) is 5.41 Å². The molecule has 10 rings (SSSR count). The first-order chi connectivity index (χ1) is 24.3. The van der Waals surface area contributed by atoms with Crippen LogP contribution in [0.2, 0.25) is 0 Å². The summed E-state index contributed by atoms with van der Waals surface area (Å²) in [7, 11) is 0. The highest BCUT2D eigenvalue weighted by Gasteiger charge is 2.64. The Kier molecular flexibility index (Phi) is 6.09. The third kappa shape index (κ3) is 4.01. The van der Waals surface area contributed by atoms with Gasteiger partial charge < -0.3 is 4.90 Å². The molecule has 2 aliphatic rings. The standard InChI is InChI=1S/C49H41N/c1-47(2)30-48(3)43-28-35(22-27-44(43)50(49(48,4)31-47)36-18-12-7-13-19-36)42-29-41(33-16-10-6-11-17-33)39-24-21-34-20-23-37(32-14-8-5-9-15-32)38-25-26-40(42)46(39)45(34)38/h5-29H,30-31H2,1-4H3. The van der Waals surface area contributed by atoms with E-state index < -0.39 is 0 Å². The van der Waals surface area contributed by atoms with Gasteiger partial charge in [0.1, 0.15) is 0 Å². The maximum Gasteiger partial charge on any atom is 0.0523 e. The number of rotatable bonds is 4. The zero-order valence-electron chi connectivity index (χ0n) is 29.3. The molecule has 0 radical (unpaired) electrons. The molecule has 2 atom stereocenters. The van der Waals surface area contributed by atoms with Crippen LogP contribution in [0, 0.1) is 5.41 Å². The van der Waals surface area contributed by atoms with E-state index in [2.05, 4.69) is 184 Å². The molecule has 1 nitrogen and oxygen atoms in total. The Labute approximate surface area is 295 Å². The SMILES string of the molecule is CC1(C)CC2(C)c3cc(-c4cc(-c5ccccc5)c5ccc6ccc(-c7ccccc7)c7ccc4c5c67)ccc3N(c3ccccc3)C2(C)C1. The Balaban J connectivity index is 1.27. The molecule has 1 saturated carbocycles. The van der Waals surface area contributed by atoms with Crippen LogP contribution in [0.15, 0.2) is 152 Å². The number of hydrogen-bond acceptors (Lipinski definition) is 1. The van der Waals surface area contributed by atoms with E-state index in [0.717, 1.165) is 12.8 Å². The molecule has 2 unspecified atom stereocenters. The predicted octanol–water partition coefficient (Wildman–Crippen LogP) is 13.6. The Bertz CT molecular complexity index is 2580. The van der Waals surface area contributed by atoms with E-state index in [1.54, 1.807) is 0 Å². The van der Waals surface area contributed by atoms with Gasteiger partial charge >= 0.3 is 0 Å². The second-order valence-electron chi connectivity index (χ2n) is 16.1. The Morgan fingerprint density at radius 3 is 1.70 bits per heavy atom. The molecule has 0 spiro atoms. The number of fused-ring (bicyclic) bond motifs is 3. The first kappa shape index (κ1) is 29.5. The number of hydrogen-bond donors (Lipinski definition) is 0. The van der Waals surface area contributed by atoms with Crippen molar-refractivity contribution in [2.45, 2.75) is 51.5 Å². The summed E-state index contributed by atoms with van der Waals surface area (Å²) in [6.07, 6.45) is 2.31. The normalized spacial score (nSPS) is 20.9. The van der Waals surface area contributed by atoms with Crippen LogP contribution in [0.25, 0.3) is 65.7 Å². The molecule has 1 heteroatoms. The van der Waals surface area contributed by atoms with Gasteiger partial charge in [0, 0.05) is 16.8 Å². The molecule has 0 bridgehead atoms. The molecule has 1 aliphatic carbocycles. The van der Waals surface area contributed by atoms with Crippen LogP contribution in [0.5, 0.6) is 0 Å². The fourth-order valence-electron chi connectivity index (χ4n) is 10.5. The van der Waals surface area contributed by atoms with E-state index in [1.165, 1.54) is 82.6 Å². The lowest BCUT2D eigenvalue weighted by molar-refractivity contribution is 0.330. The lowest BCUT2D eigenvalue weighted by Gasteiger charge is -2.42. The fourth-order valence-corrected chi connectivity index (χ4v) is 10.5. The summed E-state index contributed by atoms with van der Waals surface area (Å²) in [5, 5.41) is 7.95. The maximum atomic E-state index is 2.67. The van der Waals surface area contributed by atoms with E-state index in [-0.39, 0.29) is 16.4 Å². The van der Waals surface area contributed by atoms with Crippen LogP contribution in [0.3, 0.4) is 0 Å². The summed E-state index contributed by atoms with van der Waals surface area (Å²) in [5.74, 6) is 0. The molecule has 242 valence electrons. The second-order valence-corrected chi connectivity index (χ2v) is 16.1. The van der Waals surface area contributed by atoms with E-state index in [0.29, 0.717) is 0 Å². The van der Waals surface area contributed by atoms with Crippen molar-refractivity contribution >= 4 is 43.7 Å². The van der Waals surface area contributed by atoms with Gasteiger partial charge in [-0.1, -0.05) is 142 Å². The minimum atomic E-state index is -0.0233. The van der Waals surface area contributed by atoms with Crippen molar-refractivity contribution < 1.29 is 0 Å². The van der Waals surface area contributed by atoms with Crippen molar-refractivity contribution in [3.05, 3.63) is 157 Å². The quantitative estimate of drug-likeness (QED) is 0.173. The van der Waals surface area contributed by atoms with Crippen LogP contribution in [0.4, 0.5) is 11.4 Å². The molecule has 8 aromatic rings. The monoisotopic (exact) mass is 643 g/mol. The number of benzene rings is 8. The molecule has 1 fully saturated rings. The molecule has 1 aliphatic heterocycles. The highest BCUT2D eigenvalue weighted by atomic mass is 15.3. The highest BCUT2D eigenvalue weighted by Crippen LogP contribution is 2.67. The average Bonchev–Trinajstić information content (AvgIpc) is 3.45. The summed E-state index contributed by atoms with van der Waals surface area (Å²) < 4.78 is 0. The third-order valence-electron chi connectivity index (χ3n) is 12.4. The zero-order valence-corrected chi connectivity index (χ0v) is 29.3. The zero-order chi connectivity index (χ0) is 33.8. The Hall–Kier alpha value is -5.40. The summed E-state index contributed by atoms with van der Waals surface area (Å²) in [6.45, 7) is 9.98. The van der Waals surface area contributed by atoms with Gasteiger partial charge in [-0.2, -0.15) is 0 Å². The summed E-state index contributed by atoms with van der Waals surface area (Å²) in [6, 6.07) is 56.8. The van der Waals surface area contributed by atoms with E-state index >= 15 is 0 Å². The molecule has 8 aromatic carbocycles. The average molecular weight is 644 g/mol. The van der Waals surface area contributed by atoms with Crippen molar-refractivity contribution in [1.82, 2.24) is 0 Å². The molecule has 50 heavy (non-hydrogen) atoms. The summed E-state index contributed by atoms with van der Waals surface area (Å²) in [4.78, 5) is 2.67. The van der Waals surface area contributed by atoms with Gasteiger partial charge in [0.25, 0.3) is 0 Å². The fraction of sp³-hybridized carbons (Fsp3) is 0.184. The van der Waals surface area contributed by atoms with Gasteiger partial charge in [-0.05, 0) is 127 Å². The van der Waals surface area contributed by atoms with Crippen LogP contribution in [-0.4, -0.2) is 5.54 Å². The van der Waals surface area contributed by atoms with Gasteiger partial charge in [0.2, 0.25) is 0 Å². The summed E-state index contributed by atoms with van der Waals surface area (Å²) in [5.41, 5.74) is 12.0. The third-order valence-corrected chi connectivity index (χ3v) is 12.4. The molecular formula is C49H41N. The molecular weight excluding hydrogens is 603 g/mol. The Morgan fingerprint density at radius 1 is 0.460 bits per heavy atom. The molecule has 0 amide bonds. The van der Waals surface area contributed by atoms with Crippen LogP contribution >= 0.6 is 0 Å².